The molecule has 0 aliphatic heterocycles. The highest BCUT2D eigenvalue weighted by atomic mass is 16.2. The quantitative estimate of drug-likeness (QED) is 0.584. The largest absolute Gasteiger partial charge is 0.355 e. The van der Waals surface area contributed by atoms with Crippen molar-refractivity contribution >= 4 is 11.8 Å². The highest BCUT2D eigenvalue weighted by Crippen LogP contribution is 2.03. The van der Waals surface area contributed by atoms with Gasteiger partial charge in [-0.1, -0.05) is 42.5 Å². The molecular formula is C21H28N3O2+. The van der Waals surface area contributed by atoms with Crippen LogP contribution in [0.1, 0.15) is 27.9 Å². The first-order chi connectivity index (χ1) is 12.6. The number of quaternary nitrogens is 1. The summed E-state index contributed by atoms with van der Waals surface area (Å²) in [7, 11) is 3.61. The van der Waals surface area contributed by atoms with E-state index in [2.05, 4.69) is 22.8 Å². The standard InChI is InChI=1S/C21H27N3O2/c1-22-21(26)19-12-10-18(11-13-19)15-24(2)16-20(25)23-14-6-9-17-7-4-3-5-8-17/h3-5,7-8,10-13H,6,9,14-16H2,1-2H3,(H,22,26)(H,23,25)/p+1. The molecule has 5 heteroatoms. The average Bonchev–Trinajstić information content (AvgIpc) is 2.66. The van der Waals surface area contributed by atoms with E-state index in [0.29, 0.717) is 18.7 Å². The summed E-state index contributed by atoms with van der Waals surface area (Å²) in [5.41, 5.74) is 3.04. The summed E-state index contributed by atoms with van der Waals surface area (Å²) in [6.45, 7) is 1.87. The van der Waals surface area contributed by atoms with E-state index >= 15 is 0 Å². The molecule has 0 saturated heterocycles. The third-order valence-electron chi connectivity index (χ3n) is 4.22. The number of amides is 2. The summed E-state index contributed by atoms with van der Waals surface area (Å²) in [4.78, 5) is 24.7. The van der Waals surface area contributed by atoms with Crippen LogP contribution in [0.3, 0.4) is 0 Å². The van der Waals surface area contributed by atoms with Crippen molar-refractivity contribution in [1.29, 1.82) is 0 Å². The molecule has 2 aromatic carbocycles. The fraction of sp³-hybridized carbons (Fsp3) is 0.333. The van der Waals surface area contributed by atoms with Crippen LogP contribution >= 0.6 is 0 Å². The topological polar surface area (TPSA) is 62.6 Å². The zero-order valence-corrected chi connectivity index (χ0v) is 15.5. The Bertz CT molecular complexity index is 699. The van der Waals surface area contributed by atoms with Crippen LogP contribution < -0.4 is 15.5 Å². The lowest BCUT2D eigenvalue weighted by molar-refractivity contribution is -0.885. The SMILES string of the molecule is CNC(=O)c1ccc(C[NH+](C)CC(=O)NCCCc2ccccc2)cc1. The Hall–Kier alpha value is -2.66. The number of nitrogens with one attached hydrogen (secondary N) is 3. The van der Waals surface area contributed by atoms with Crippen LogP contribution in [0.5, 0.6) is 0 Å². The summed E-state index contributed by atoms with van der Waals surface area (Å²) in [6, 6.07) is 17.8. The van der Waals surface area contributed by atoms with Gasteiger partial charge >= 0.3 is 0 Å². The summed E-state index contributed by atoms with van der Waals surface area (Å²) < 4.78 is 0. The Kier molecular flexibility index (Phi) is 7.83. The zero-order chi connectivity index (χ0) is 18.8. The highest BCUT2D eigenvalue weighted by molar-refractivity contribution is 5.93. The van der Waals surface area contributed by atoms with Gasteiger partial charge in [0.05, 0.1) is 7.05 Å². The molecule has 1 unspecified atom stereocenters. The Morgan fingerprint density at radius 2 is 1.65 bits per heavy atom. The average molecular weight is 354 g/mol. The first-order valence-electron chi connectivity index (χ1n) is 9.01. The van der Waals surface area contributed by atoms with E-state index in [0.717, 1.165) is 29.8 Å². The number of benzene rings is 2. The van der Waals surface area contributed by atoms with Crippen molar-refractivity contribution in [3.8, 4) is 0 Å². The monoisotopic (exact) mass is 354 g/mol. The molecule has 0 aliphatic carbocycles. The van der Waals surface area contributed by atoms with Gasteiger partial charge in [-0.05, 0) is 30.5 Å². The second-order valence-electron chi connectivity index (χ2n) is 6.53. The van der Waals surface area contributed by atoms with E-state index in [1.807, 2.05) is 49.5 Å². The minimum absolute atomic E-state index is 0.0672. The number of hydrogen-bond donors (Lipinski definition) is 3. The molecule has 0 radical (unpaired) electrons. The second-order valence-corrected chi connectivity index (χ2v) is 6.53. The van der Waals surface area contributed by atoms with Gasteiger partial charge < -0.3 is 15.5 Å². The predicted octanol–water partition coefficient (Wildman–Crippen LogP) is 0.810. The lowest BCUT2D eigenvalue weighted by atomic mass is 10.1. The number of rotatable bonds is 9. The summed E-state index contributed by atoms with van der Waals surface area (Å²) >= 11 is 0. The van der Waals surface area contributed by atoms with Crippen molar-refractivity contribution in [2.45, 2.75) is 19.4 Å². The first-order valence-corrected chi connectivity index (χ1v) is 9.01. The van der Waals surface area contributed by atoms with Crippen LogP contribution in [0.15, 0.2) is 54.6 Å². The molecule has 138 valence electrons. The first kappa shape index (κ1) is 19.7. The van der Waals surface area contributed by atoms with E-state index in [-0.39, 0.29) is 11.8 Å². The highest BCUT2D eigenvalue weighted by Gasteiger charge is 2.11. The smallest absolute Gasteiger partial charge is 0.275 e. The van der Waals surface area contributed by atoms with Crippen LogP contribution in [0.2, 0.25) is 0 Å². The fourth-order valence-electron chi connectivity index (χ4n) is 2.83. The maximum atomic E-state index is 12.1. The van der Waals surface area contributed by atoms with E-state index < -0.39 is 0 Å². The lowest BCUT2D eigenvalue weighted by Gasteiger charge is -2.14. The third kappa shape index (κ3) is 6.69. The molecule has 0 heterocycles. The Labute approximate surface area is 155 Å². The van der Waals surface area contributed by atoms with Gasteiger partial charge in [-0.3, -0.25) is 9.59 Å². The van der Waals surface area contributed by atoms with Gasteiger partial charge in [-0.15, -0.1) is 0 Å². The molecule has 0 spiro atoms. The van der Waals surface area contributed by atoms with Crippen LogP contribution in [0.25, 0.3) is 0 Å². The molecule has 2 rings (SSSR count). The molecule has 0 bridgehead atoms. The summed E-state index contributed by atoms with van der Waals surface area (Å²) in [6.07, 6.45) is 1.91. The Balaban J connectivity index is 1.67. The molecule has 3 N–H and O–H groups in total. The molecule has 0 fully saturated rings. The van der Waals surface area contributed by atoms with Crippen LogP contribution in [0.4, 0.5) is 0 Å². The fourth-order valence-corrected chi connectivity index (χ4v) is 2.83. The number of carbonyl (C=O) groups is 2. The van der Waals surface area contributed by atoms with Gasteiger partial charge in [0.2, 0.25) is 0 Å². The van der Waals surface area contributed by atoms with Crippen molar-refractivity contribution in [2.75, 3.05) is 27.2 Å². The summed E-state index contributed by atoms with van der Waals surface area (Å²) in [5, 5.41) is 5.59. The van der Waals surface area contributed by atoms with Crippen LogP contribution in [0, 0.1) is 0 Å². The number of carbonyl (C=O) groups excluding carboxylic acids is 2. The van der Waals surface area contributed by atoms with Crippen LogP contribution in [-0.2, 0) is 17.8 Å². The molecule has 5 nitrogen and oxygen atoms in total. The maximum absolute atomic E-state index is 12.1. The third-order valence-corrected chi connectivity index (χ3v) is 4.22. The molecule has 0 aromatic heterocycles. The number of aryl methyl sites for hydroxylation is 1. The minimum atomic E-state index is -0.0906. The normalized spacial score (nSPS) is 11.6. The van der Waals surface area contributed by atoms with E-state index in [1.54, 1.807) is 7.05 Å². The maximum Gasteiger partial charge on any atom is 0.275 e. The molecule has 0 aliphatic rings. The van der Waals surface area contributed by atoms with Gasteiger partial charge in [-0.25, -0.2) is 0 Å². The molecule has 2 aromatic rings. The van der Waals surface area contributed by atoms with E-state index in [4.69, 9.17) is 0 Å². The molecular weight excluding hydrogens is 326 g/mol. The van der Waals surface area contributed by atoms with Gasteiger partial charge in [-0.2, -0.15) is 0 Å². The lowest BCUT2D eigenvalue weighted by Crippen LogP contribution is -3.08. The van der Waals surface area contributed by atoms with Gasteiger partial charge in [0.25, 0.3) is 11.8 Å². The minimum Gasteiger partial charge on any atom is -0.355 e. The molecule has 2 amide bonds. The predicted molar refractivity (Wildman–Crippen MR) is 103 cm³/mol. The van der Waals surface area contributed by atoms with E-state index in [9.17, 15) is 9.59 Å². The molecule has 1 atom stereocenters. The van der Waals surface area contributed by atoms with Crippen molar-refractivity contribution in [2.24, 2.45) is 0 Å². The number of hydrogen-bond acceptors (Lipinski definition) is 2. The van der Waals surface area contributed by atoms with Crippen molar-refractivity contribution in [3.63, 3.8) is 0 Å². The molecule has 0 saturated carbocycles. The summed E-state index contributed by atoms with van der Waals surface area (Å²) in [5.74, 6) is -0.0234. The van der Waals surface area contributed by atoms with Crippen LogP contribution in [-0.4, -0.2) is 39.0 Å². The van der Waals surface area contributed by atoms with Gasteiger partial charge in [0, 0.05) is 24.7 Å². The second kappa shape index (κ2) is 10.4. The van der Waals surface area contributed by atoms with Crippen molar-refractivity contribution in [3.05, 3.63) is 71.3 Å². The van der Waals surface area contributed by atoms with Gasteiger partial charge in [0.1, 0.15) is 6.54 Å². The van der Waals surface area contributed by atoms with Crippen molar-refractivity contribution in [1.82, 2.24) is 10.6 Å². The van der Waals surface area contributed by atoms with Gasteiger partial charge in [0.15, 0.2) is 6.54 Å². The molecule has 26 heavy (non-hydrogen) atoms. The number of likely N-dealkylation sites (N-methyl/N-ethyl adjacent to an activating group) is 1. The zero-order valence-electron chi connectivity index (χ0n) is 15.5. The van der Waals surface area contributed by atoms with Crippen molar-refractivity contribution < 1.29 is 14.5 Å². The Morgan fingerprint density at radius 3 is 2.31 bits per heavy atom. The van der Waals surface area contributed by atoms with E-state index in [1.165, 1.54) is 5.56 Å². The Morgan fingerprint density at radius 1 is 0.962 bits per heavy atom.